The van der Waals surface area contributed by atoms with Crippen LogP contribution >= 0.6 is 0 Å². The van der Waals surface area contributed by atoms with E-state index in [-0.39, 0.29) is 0 Å². The van der Waals surface area contributed by atoms with Gasteiger partial charge in [-0.15, -0.1) is 0 Å². The fourth-order valence-electron chi connectivity index (χ4n) is 1.89. The zero-order chi connectivity index (χ0) is 11.5. The molecule has 88 valence electrons. The molecule has 0 saturated carbocycles. The fourth-order valence-corrected chi connectivity index (χ4v) is 1.89. The van der Waals surface area contributed by atoms with E-state index in [1.807, 2.05) is 47.4 Å². The maximum atomic E-state index is 5.65. The monoisotopic (exact) mass is 230 g/mol. The Kier molecular flexibility index (Phi) is 2.62. The molecule has 0 unspecified atom stereocenters. The van der Waals surface area contributed by atoms with Gasteiger partial charge in [-0.1, -0.05) is 12.1 Å². The molecular formula is C13H14N2O2. The smallest absolute Gasteiger partial charge is 0.166 e. The van der Waals surface area contributed by atoms with Gasteiger partial charge in [-0.2, -0.15) is 0 Å². The first-order chi connectivity index (χ1) is 8.43. The summed E-state index contributed by atoms with van der Waals surface area (Å²) in [7, 11) is 0. The summed E-state index contributed by atoms with van der Waals surface area (Å²) in [4.78, 5) is 0. The maximum absolute atomic E-state index is 5.65. The molecule has 1 aromatic carbocycles. The van der Waals surface area contributed by atoms with Crippen LogP contribution in [-0.4, -0.2) is 17.9 Å². The molecule has 1 aromatic heterocycles. The van der Waals surface area contributed by atoms with E-state index >= 15 is 0 Å². The Balaban J connectivity index is 1.78. The highest BCUT2D eigenvalue weighted by atomic mass is 16.6. The van der Waals surface area contributed by atoms with E-state index in [1.165, 1.54) is 0 Å². The van der Waals surface area contributed by atoms with Crippen LogP contribution in [0.4, 0.5) is 0 Å². The van der Waals surface area contributed by atoms with Crippen molar-refractivity contribution in [2.45, 2.75) is 6.54 Å². The lowest BCUT2D eigenvalue weighted by Crippen LogP contribution is -2.18. The number of ether oxygens (including phenoxy) is 2. The van der Waals surface area contributed by atoms with Crippen LogP contribution in [0.5, 0.6) is 11.5 Å². The van der Waals surface area contributed by atoms with Crippen LogP contribution < -0.4 is 14.9 Å². The van der Waals surface area contributed by atoms with Crippen LogP contribution in [-0.2, 0) is 6.54 Å². The summed E-state index contributed by atoms with van der Waals surface area (Å²) in [6.07, 6.45) is 3.93. The predicted octanol–water partition coefficient (Wildman–Crippen LogP) is 2.00. The van der Waals surface area contributed by atoms with Gasteiger partial charge >= 0.3 is 0 Å². The largest absolute Gasteiger partial charge is 0.486 e. The SMILES string of the molecule is c1cc(CNn2cccc2)c2c(c1)OCCO2. The average Bonchev–Trinajstić information content (AvgIpc) is 2.89. The molecule has 3 rings (SSSR count). The minimum atomic E-state index is 0.619. The van der Waals surface area contributed by atoms with Gasteiger partial charge < -0.3 is 14.9 Å². The first-order valence-electron chi connectivity index (χ1n) is 5.68. The molecule has 0 amide bonds. The van der Waals surface area contributed by atoms with E-state index in [2.05, 4.69) is 5.43 Å². The molecule has 1 aliphatic rings. The Morgan fingerprint density at radius 2 is 1.88 bits per heavy atom. The Labute approximate surface area is 99.7 Å². The number of aromatic nitrogens is 1. The van der Waals surface area contributed by atoms with Crippen molar-refractivity contribution in [2.75, 3.05) is 18.6 Å². The van der Waals surface area contributed by atoms with Crippen molar-refractivity contribution in [3.05, 3.63) is 48.3 Å². The molecule has 0 fully saturated rings. The lowest BCUT2D eigenvalue weighted by molar-refractivity contribution is 0.170. The van der Waals surface area contributed by atoms with E-state index in [0.717, 1.165) is 17.1 Å². The summed E-state index contributed by atoms with van der Waals surface area (Å²) in [5, 5.41) is 0. The van der Waals surface area contributed by atoms with Crippen LogP contribution in [0.1, 0.15) is 5.56 Å². The topological polar surface area (TPSA) is 35.4 Å². The van der Waals surface area contributed by atoms with Gasteiger partial charge in [0.1, 0.15) is 13.2 Å². The Morgan fingerprint density at radius 3 is 2.76 bits per heavy atom. The molecule has 0 atom stereocenters. The zero-order valence-electron chi connectivity index (χ0n) is 9.43. The molecule has 1 aliphatic heterocycles. The molecule has 4 nitrogen and oxygen atoms in total. The van der Waals surface area contributed by atoms with Crippen molar-refractivity contribution in [1.82, 2.24) is 4.68 Å². The summed E-state index contributed by atoms with van der Waals surface area (Å²) in [6, 6.07) is 9.93. The number of nitrogens with zero attached hydrogens (tertiary/aromatic N) is 1. The number of para-hydroxylation sites is 1. The Bertz CT molecular complexity index is 494. The number of fused-ring (bicyclic) bond motifs is 1. The molecule has 0 radical (unpaired) electrons. The van der Waals surface area contributed by atoms with Crippen LogP contribution in [0, 0.1) is 0 Å². The second-order valence-electron chi connectivity index (χ2n) is 3.87. The van der Waals surface area contributed by atoms with Gasteiger partial charge in [-0.05, 0) is 18.2 Å². The van der Waals surface area contributed by atoms with Gasteiger partial charge in [-0.25, -0.2) is 0 Å². The number of hydrogen-bond acceptors (Lipinski definition) is 3. The molecule has 1 N–H and O–H groups in total. The van der Waals surface area contributed by atoms with Gasteiger partial charge in [-0.3, -0.25) is 4.68 Å². The van der Waals surface area contributed by atoms with Gasteiger partial charge in [0.15, 0.2) is 11.5 Å². The molecule has 0 bridgehead atoms. The van der Waals surface area contributed by atoms with Crippen LogP contribution in [0.2, 0.25) is 0 Å². The van der Waals surface area contributed by atoms with E-state index in [1.54, 1.807) is 0 Å². The number of benzene rings is 1. The zero-order valence-corrected chi connectivity index (χ0v) is 9.43. The van der Waals surface area contributed by atoms with Gasteiger partial charge in [0.25, 0.3) is 0 Å². The van der Waals surface area contributed by atoms with E-state index in [0.29, 0.717) is 19.8 Å². The summed E-state index contributed by atoms with van der Waals surface area (Å²) in [5.41, 5.74) is 4.38. The third-order valence-corrected chi connectivity index (χ3v) is 2.70. The standard InChI is InChI=1S/C13H14N2O2/c1-2-7-15(6-1)14-10-11-4-3-5-12-13(11)17-9-8-16-12/h1-7,14H,8-10H2. The molecule has 2 heterocycles. The minimum absolute atomic E-state index is 0.619. The Morgan fingerprint density at radius 1 is 1.06 bits per heavy atom. The van der Waals surface area contributed by atoms with Crippen molar-refractivity contribution in [2.24, 2.45) is 0 Å². The molecule has 0 aliphatic carbocycles. The quantitative estimate of drug-likeness (QED) is 0.876. The normalized spacial score (nSPS) is 13.4. The predicted molar refractivity (Wildman–Crippen MR) is 64.9 cm³/mol. The first kappa shape index (κ1) is 10.1. The van der Waals surface area contributed by atoms with Crippen LogP contribution in [0.3, 0.4) is 0 Å². The van der Waals surface area contributed by atoms with E-state index in [9.17, 15) is 0 Å². The van der Waals surface area contributed by atoms with Gasteiger partial charge in [0.2, 0.25) is 0 Å². The third kappa shape index (κ3) is 2.06. The molecule has 0 saturated heterocycles. The Hall–Kier alpha value is -2.10. The molecule has 2 aromatic rings. The summed E-state index contributed by atoms with van der Waals surface area (Å²) in [6.45, 7) is 1.95. The van der Waals surface area contributed by atoms with Crippen molar-refractivity contribution in [1.29, 1.82) is 0 Å². The third-order valence-electron chi connectivity index (χ3n) is 2.70. The van der Waals surface area contributed by atoms with Crippen LogP contribution in [0.15, 0.2) is 42.7 Å². The highest BCUT2D eigenvalue weighted by molar-refractivity contribution is 5.47. The average molecular weight is 230 g/mol. The molecular weight excluding hydrogens is 216 g/mol. The van der Waals surface area contributed by atoms with Gasteiger partial charge in [0, 0.05) is 18.0 Å². The number of rotatable bonds is 3. The summed E-state index contributed by atoms with van der Waals surface area (Å²) < 4.78 is 13.1. The van der Waals surface area contributed by atoms with Crippen LogP contribution in [0.25, 0.3) is 0 Å². The van der Waals surface area contributed by atoms with Crippen molar-refractivity contribution in [3.63, 3.8) is 0 Å². The lowest BCUT2D eigenvalue weighted by atomic mass is 10.2. The summed E-state index contributed by atoms with van der Waals surface area (Å²) >= 11 is 0. The number of nitrogens with one attached hydrogen (secondary N) is 1. The van der Waals surface area contributed by atoms with Crippen molar-refractivity contribution >= 4 is 0 Å². The second kappa shape index (κ2) is 4.41. The number of hydrogen-bond donors (Lipinski definition) is 1. The highest BCUT2D eigenvalue weighted by Crippen LogP contribution is 2.33. The van der Waals surface area contributed by atoms with Crippen molar-refractivity contribution < 1.29 is 9.47 Å². The highest BCUT2D eigenvalue weighted by Gasteiger charge is 2.14. The lowest BCUT2D eigenvalue weighted by Gasteiger charge is -2.21. The maximum Gasteiger partial charge on any atom is 0.166 e. The molecule has 4 heteroatoms. The first-order valence-corrected chi connectivity index (χ1v) is 5.68. The minimum Gasteiger partial charge on any atom is -0.486 e. The molecule has 17 heavy (non-hydrogen) atoms. The van der Waals surface area contributed by atoms with E-state index in [4.69, 9.17) is 9.47 Å². The fraction of sp³-hybridized carbons (Fsp3) is 0.231. The van der Waals surface area contributed by atoms with E-state index < -0.39 is 0 Å². The second-order valence-corrected chi connectivity index (χ2v) is 3.87. The van der Waals surface area contributed by atoms with Crippen molar-refractivity contribution in [3.8, 4) is 11.5 Å². The summed E-state index contributed by atoms with van der Waals surface area (Å²) in [5.74, 6) is 1.70. The molecule has 0 spiro atoms. The van der Waals surface area contributed by atoms with Gasteiger partial charge in [0.05, 0.1) is 6.54 Å².